The van der Waals surface area contributed by atoms with Crippen molar-refractivity contribution >= 4 is 22.7 Å². The minimum atomic E-state index is -0.160. The molecule has 0 unspecified atom stereocenters. The van der Waals surface area contributed by atoms with Crippen molar-refractivity contribution in [2.24, 2.45) is 0 Å². The van der Waals surface area contributed by atoms with Gasteiger partial charge >= 0.3 is 4.87 Å². The molecule has 0 radical (unpaired) electrons. The smallest absolute Gasteiger partial charge is 0.308 e. The van der Waals surface area contributed by atoms with Gasteiger partial charge in [0.2, 0.25) is 0 Å². The van der Waals surface area contributed by atoms with Gasteiger partial charge < -0.3 is 4.57 Å². The zero-order valence-corrected chi connectivity index (χ0v) is 22.3. The Labute approximate surface area is 224 Å². The molecule has 6 aromatic rings. The third-order valence-electron chi connectivity index (χ3n) is 6.85. The third-order valence-corrected chi connectivity index (χ3v) is 7.39. The monoisotopic (exact) mass is 517 g/mol. The zero-order valence-electron chi connectivity index (χ0n) is 21.5. The summed E-state index contributed by atoms with van der Waals surface area (Å²) in [5, 5.41) is 0. The van der Waals surface area contributed by atoms with E-state index in [4.69, 9.17) is 9.97 Å². The van der Waals surface area contributed by atoms with E-state index >= 15 is 0 Å². The molecule has 0 aliphatic heterocycles. The average molecular weight is 518 g/mol. The molecule has 188 valence electrons. The van der Waals surface area contributed by atoms with E-state index in [0.29, 0.717) is 12.4 Å². The third kappa shape index (κ3) is 4.46. The molecule has 3 heterocycles. The normalized spacial score (nSPS) is 11.3. The molecule has 7 heteroatoms. The number of aromatic nitrogens is 5. The van der Waals surface area contributed by atoms with Crippen LogP contribution in [0.3, 0.4) is 0 Å². The number of hydrogen-bond donors (Lipinski definition) is 1. The molecule has 6 rings (SSSR count). The van der Waals surface area contributed by atoms with Crippen LogP contribution in [0.25, 0.3) is 44.8 Å². The van der Waals surface area contributed by atoms with Gasteiger partial charge in [-0.1, -0.05) is 67.6 Å². The number of nitrogens with one attached hydrogen (secondary N) is 1. The number of aromatic amines is 1. The molecule has 0 saturated heterocycles. The van der Waals surface area contributed by atoms with Crippen LogP contribution in [0.4, 0.5) is 0 Å². The number of fused-ring (bicyclic) bond motifs is 1. The molecule has 0 bridgehead atoms. The Bertz CT molecular complexity index is 1810. The Morgan fingerprint density at radius 1 is 0.842 bits per heavy atom. The minimum Gasteiger partial charge on any atom is -0.308 e. The van der Waals surface area contributed by atoms with Crippen molar-refractivity contribution in [3.8, 4) is 33.6 Å². The number of rotatable bonds is 6. The fraction of sp³-hybridized carbons (Fsp3) is 0.161. The van der Waals surface area contributed by atoms with E-state index in [0.717, 1.165) is 74.0 Å². The first-order valence-corrected chi connectivity index (χ1v) is 13.5. The summed E-state index contributed by atoms with van der Waals surface area (Å²) in [6.45, 7) is 6.96. The van der Waals surface area contributed by atoms with Crippen LogP contribution in [0.2, 0.25) is 0 Å². The van der Waals surface area contributed by atoms with Crippen molar-refractivity contribution in [2.45, 2.75) is 33.7 Å². The van der Waals surface area contributed by atoms with Crippen molar-refractivity contribution in [2.75, 3.05) is 0 Å². The predicted octanol–water partition coefficient (Wildman–Crippen LogP) is 6.80. The molecular formula is C31H27N5OS. The molecular weight excluding hydrogens is 490 g/mol. The van der Waals surface area contributed by atoms with Crippen LogP contribution >= 0.6 is 11.5 Å². The molecule has 0 spiro atoms. The lowest BCUT2D eigenvalue weighted by molar-refractivity contribution is 0.745. The van der Waals surface area contributed by atoms with Gasteiger partial charge in [-0.15, -0.1) is 0 Å². The molecule has 0 fully saturated rings. The Balaban J connectivity index is 1.41. The van der Waals surface area contributed by atoms with E-state index in [1.165, 1.54) is 5.56 Å². The van der Waals surface area contributed by atoms with E-state index in [1.807, 2.05) is 31.2 Å². The standard InChI is InChI=1S/C31H27N5OS/c1-4-27-33-28-19(2)16-20(3)32-30(28)36(27)18-21-10-12-23(13-11-21)26-17-24(22-8-6-5-7-9-22)14-15-25(26)29-34-31(37)38-35-29/h5-17H,4,18H2,1-3H3,(H,34,35,37). The van der Waals surface area contributed by atoms with Crippen molar-refractivity contribution < 1.29 is 0 Å². The molecule has 0 atom stereocenters. The fourth-order valence-electron chi connectivity index (χ4n) is 5.00. The summed E-state index contributed by atoms with van der Waals surface area (Å²) in [4.78, 5) is 24.3. The van der Waals surface area contributed by atoms with Crippen molar-refractivity contribution in [1.29, 1.82) is 0 Å². The second kappa shape index (κ2) is 9.84. The highest BCUT2D eigenvalue weighted by Crippen LogP contribution is 2.34. The van der Waals surface area contributed by atoms with Gasteiger partial charge in [0.05, 0.1) is 6.54 Å². The van der Waals surface area contributed by atoms with E-state index in [2.05, 4.69) is 82.4 Å². The quantitative estimate of drug-likeness (QED) is 0.263. The summed E-state index contributed by atoms with van der Waals surface area (Å²) < 4.78 is 6.59. The largest absolute Gasteiger partial charge is 0.323 e. The molecule has 38 heavy (non-hydrogen) atoms. The lowest BCUT2D eigenvalue weighted by Crippen LogP contribution is -2.05. The maximum atomic E-state index is 11.9. The van der Waals surface area contributed by atoms with Crippen LogP contribution < -0.4 is 4.87 Å². The lowest BCUT2D eigenvalue weighted by atomic mass is 9.93. The number of benzene rings is 3. The van der Waals surface area contributed by atoms with Crippen molar-refractivity contribution in [3.63, 3.8) is 0 Å². The van der Waals surface area contributed by atoms with Crippen LogP contribution in [0, 0.1) is 13.8 Å². The van der Waals surface area contributed by atoms with Crippen LogP contribution in [0.15, 0.2) is 83.7 Å². The first-order valence-electron chi connectivity index (χ1n) is 12.7. The molecule has 0 aliphatic carbocycles. The lowest BCUT2D eigenvalue weighted by Gasteiger charge is -2.13. The Morgan fingerprint density at radius 2 is 1.61 bits per heavy atom. The Hall–Kier alpha value is -4.36. The Morgan fingerprint density at radius 3 is 2.32 bits per heavy atom. The summed E-state index contributed by atoms with van der Waals surface area (Å²) in [7, 11) is 0. The van der Waals surface area contributed by atoms with Gasteiger partial charge in [0.25, 0.3) is 0 Å². The average Bonchev–Trinajstić information content (AvgIpc) is 3.53. The molecule has 0 aliphatic rings. The number of hydrogen-bond acceptors (Lipinski definition) is 5. The van der Waals surface area contributed by atoms with Gasteiger partial charge in [-0.25, -0.2) is 9.97 Å². The number of aryl methyl sites for hydroxylation is 3. The molecule has 6 nitrogen and oxygen atoms in total. The van der Waals surface area contributed by atoms with Gasteiger partial charge in [-0.2, -0.15) is 4.37 Å². The second-order valence-electron chi connectivity index (χ2n) is 9.49. The molecule has 3 aromatic carbocycles. The zero-order chi connectivity index (χ0) is 26.2. The highest BCUT2D eigenvalue weighted by atomic mass is 32.1. The van der Waals surface area contributed by atoms with E-state index in [9.17, 15) is 4.79 Å². The van der Waals surface area contributed by atoms with Crippen molar-refractivity contribution in [3.05, 3.63) is 111 Å². The van der Waals surface area contributed by atoms with Gasteiger partial charge in [-0.3, -0.25) is 9.78 Å². The topological polar surface area (TPSA) is 76.5 Å². The summed E-state index contributed by atoms with van der Waals surface area (Å²) in [5.74, 6) is 1.63. The number of pyridine rings is 1. The van der Waals surface area contributed by atoms with Crippen LogP contribution in [-0.2, 0) is 13.0 Å². The van der Waals surface area contributed by atoms with Gasteiger partial charge in [0.15, 0.2) is 11.5 Å². The van der Waals surface area contributed by atoms with Gasteiger partial charge in [0.1, 0.15) is 11.3 Å². The van der Waals surface area contributed by atoms with Gasteiger partial charge in [-0.05, 0) is 65.4 Å². The Kier molecular flexibility index (Phi) is 6.21. The highest BCUT2D eigenvalue weighted by molar-refractivity contribution is 7.03. The molecule has 0 amide bonds. The number of imidazole rings is 1. The predicted molar refractivity (Wildman–Crippen MR) is 155 cm³/mol. The van der Waals surface area contributed by atoms with Crippen molar-refractivity contribution in [1.82, 2.24) is 23.9 Å². The first-order chi connectivity index (χ1) is 18.5. The van der Waals surface area contributed by atoms with E-state index < -0.39 is 0 Å². The summed E-state index contributed by atoms with van der Waals surface area (Å²) in [6, 6.07) is 27.3. The van der Waals surface area contributed by atoms with E-state index in [1.54, 1.807) is 0 Å². The second-order valence-corrected chi connectivity index (χ2v) is 10.2. The minimum absolute atomic E-state index is 0.160. The molecule has 1 N–H and O–H groups in total. The van der Waals surface area contributed by atoms with Crippen LogP contribution in [0.5, 0.6) is 0 Å². The summed E-state index contributed by atoms with van der Waals surface area (Å²) >= 11 is 0.939. The SMILES string of the molecule is CCc1nc2c(C)cc(C)nc2n1Cc1ccc(-c2cc(-c3ccccc3)ccc2-c2nsc(=O)[nH]2)cc1. The maximum absolute atomic E-state index is 11.9. The molecule has 3 aromatic heterocycles. The summed E-state index contributed by atoms with van der Waals surface area (Å²) in [5.41, 5.74) is 10.5. The van der Waals surface area contributed by atoms with Crippen LogP contribution in [-0.4, -0.2) is 23.9 Å². The molecule has 0 saturated carbocycles. The highest BCUT2D eigenvalue weighted by Gasteiger charge is 2.15. The maximum Gasteiger partial charge on any atom is 0.323 e. The van der Waals surface area contributed by atoms with Gasteiger partial charge in [0, 0.05) is 29.2 Å². The van der Waals surface area contributed by atoms with E-state index in [-0.39, 0.29) is 4.87 Å². The first kappa shape index (κ1) is 24.0. The number of H-pyrrole nitrogens is 1. The summed E-state index contributed by atoms with van der Waals surface area (Å²) in [6.07, 6.45) is 0.842. The fourth-order valence-corrected chi connectivity index (χ4v) is 5.46. The van der Waals surface area contributed by atoms with Crippen LogP contribution in [0.1, 0.15) is 29.6 Å². The number of nitrogens with zero attached hydrogens (tertiary/aromatic N) is 4.